The molecule has 2 aromatic carbocycles. The van der Waals surface area contributed by atoms with E-state index in [-0.39, 0.29) is 17.3 Å². The van der Waals surface area contributed by atoms with Crippen molar-refractivity contribution in [1.82, 2.24) is 4.90 Å². The Morgan fingerprint density at radius 3 is 2.32 bits per heavy atom. The molecule has 0 saturated heterocycles. The SMILES string of the molecule is COCCCN(Cc1ccc(OS(C)(=O)=O)cc1)C(=O)/C=C/c1ccc([N+](=O)[O-])cc1. The van der Waals surface area contributed by atoms with Crippen LogP contribution in [0.3, 0.4) is 0 Å². The number of nitro benzene ring substituents is 1. The first kappa shape index (κ1) is 24.0. The van der Waals surface area contributed by atoms with Crippen LogP contribution in [0.25, 0.3) is 6.08 Å². The molecule has 0 heterocycles. The molecule has 9 nitrogen and oxygen atoms in total. The van der Waals surface area contributed by atoms with Crippen LogP contribution in [0.4, 0.5) is 5.69 Å². The Morgan fingerprint density at radius 2 is 1.77 bits per heavy atom. The van der Waals surface area contributed by atoms with Crippen molar-refractivity contribution in [2.45, 2.75) is 13.0 Å². The minimum Gasteiger partial charge on any atom is -0.385 e. The summed E-state index contributed by atoms with van der Waals surface area (Å²) in [6, 6.07) is 12.3. The van der Waals surface area contributed by atoms with Crippen molar-refractivity contribution in [2.75, 3.05) is 26.5 Å². The van der Waals surface area contributed by atoms with Crippen molar-refractivity contribution in [3.05, 3.63) is 75.8 Å². The first-order valence-corrected chi connectivity index (χ1v) is 11.2. The number of carbonyl (C=O) groups excluding carboxylic acids is 1. The van der Waals surface area contributed by atoms with Crippen LogP contribution in [0.15, 0.2) is 54.6 Å². The molecule has 1 amide bonds. The molecular formula is C21H24N2O7S. The van der Waals surface area contributed by atoms with E-state index in [0.29, 0.717) is 31.7 Å². The number of non-ortho nitro benzene ring substituents is 1. The van der Waals surface area contributed by atoms with Gasteiger partial charge in [-0.15, -0.1) is 0 Å². The summed E-state index contributed by atoms with van der Waals surface area (Å²) in [6.45, 7) is 1.27. The van der Waals surface area contributed by atoms with Gasteiger partial charge in [-0.1, -0.05) is 12.1 Å². The molecule has 2 aromatic rings. The van der Waals surface area contributed by atoms with Gasteiger partial charge in [0.15, 0.2) is 0 Å². The molecular weight excluding hydrogens is 424 g/mol. The molecule has 0 aliphatic rings. The van der Waals surface area contributed by atoms with Crippen LogP contribution in [0.2, 0.25) is 0 Å². The zero-order chi connectivity index (χ0) is 22.9. The van der Waals surface area contributed by atoms with E-state index in [1.54, 1.807) is 42.4 Å². The van der Waals surface area contributed by atoms with Crippen molar-refractivity contribution < 1.29 is 27.1 Å². The highest BCUT2D eigenvalue weighted by Gasteiger charge is 2.12. The van der Waals surface area contributed by atoms with Gasteiger partial charge in [0, 0.05) is 45.0 Å². The first-order valence-electron chi connectivity index (χ1n) is 9.37. The summed E-state index contributed by atoms with van der Waals surface area (Å²) >= 11 is 0. The lowest BCUT2D eigenvalue weighted by Crippen LogP contribution is -2.30. The van der Waals surface area contributed by atoms with E-state index in [2.05, 4.69) is 0 Å². The Kier molecular flexibility index (Phi) is 8.71. The molecule has 10 heteroatoms. The summed E-state index contributed by atoms with van der Waals surface area (Å²) in [5, 5.41) is 10.7. The van der Waals surface area contributed by atoms with Gasteiger partial charge in [0.1, 0.15) is 5.75 Å². The van der Waals surface area contributed by atoms with E-state index in [1.165, 1.54) is 30.3 Å². The van der Waals surface area contributed by atoms with Gasteiger partial charge >= 0.3 is 10.1 Å². The smallest absolute Gasteiger partial charge is 0.306 e. The number of nitrogens with zero attached hydrogens (tertiary/aromatic N) is 2. The Balaban J connectivity index is 2.09. The topological polar surface area (TPSA) is 116 Å². The van der Waals surface area contributed by atoms with Crippen LogP contribution in [0.5, 0.6) is 5.75 Å². The molecule has 0 bridgehead atoms. The maximum Gasteiger partial charge on any atom is 0.306 e. The largest absolute Gasteiger partial charge is 0.385 e. The standard InChI is InChI=1S/C21H24N2O7S/c1-29-15-3-14-22(16-18-6-11-20(12-7-18)30-31(2,27)28)21(24)13-8-17-4-9-19(10-5-17)23(25)26/h4-13H,3,14-16H2,1-2H3/b13-8+. The van der Waals surface area contributed by atoms with Crippen LogP contribution in [-0.4, -0.2) is 50.7 Å². The molecule has 0 spiro atoms. The molecule has 0 saturated carbocycles. The predicted molar refractivity (Wildman–Crippen MR) is 116 cm³/mol. The number of benzene rings is 2. The van der Waals surface area contributed by atoms with Crippen molar-refractivity contribution in [1.29, 1.82) is 0 Å². The summed E-state index contributed by atoms with van der Waals surface area (Å²) in [5.74, 6) is -0.0347. The average molecular weight is 448 g/mol. The monoisotopic (exact) mass is 448 g/mol. The van der Waals surface area contributed by atoms with E-state index in [9.17, 15) is 23.3 Å². The molecule has 0 unspecified atom stereocenters. The van der Waals surface area contributed by atoms with E-state index < -0.39 is 15.0 Å². The second kappa shape index (κ2) is 11.2. The third-order valence-corrected chi connectivity index (χ3v) is 4.65. The summed E-state index contributed by atoms with van der Waals surface area (Å²) in [4.78, 5) is 24.6. The molecule has 0 aromatic heterocycles. The molecule has 0 N–H and O–H groups in total. The Morgan fingerprint density at radius 1 is 1.13 bits per heavy atom. The maximum atomic E-state index is 12.7. The summed E-state index contributed by atoms with van der Waals surface area (Å²) in [7, 11) is -2.02. The zero-order valence-corrected chi connectivity index (χ0v) is 18.1. The lowest BCUT2D eigenvalue weighted by molar-refractivity contribution is -0.384. The molecule has 0 aliphatic heterocycles. The Hall–Kier alpha value is -3.24. The molecule has 0 fully saturated rings. The number of rotatable bonds is 11. The number of amides is 1. The fraction of sp³-hybridized carbons (Fsp3) is 0.286. The van der Waals surface area contributed by atoms with Gasteiger partial charge < -0.3 is 13.8 Å². The molecule has 166 valence electrons. The maximum absolute atomic E-state index is 12.7. The van der Waals surface area contributed by atoms with Gasteiger partial charge in [0.2, 0.25) is 5.91 Å². The van der Waals surface area contributed by atoms with E-state index in [0.717, 1.165) is 11.8 Å². The minimum atomic E-state index is -3.61. The van der Waals surface area contributed by atoms with Gasteiger partial charge in [-0.05, 0) is 47.9 Å². The molecule has 31 heavy (non-hydrogen) atoms. The predicted octanol–water partition coefficient (Wildman–Crippen LogP) is 3.01. The number of carbonyl (C=O) groups is 1. The van der Waals surface area contributed by atoms with E-state index in [1.807, 2.05) is 0 Å². The fourth-order valence-corrected chi connectivity index (χ4v) is 3.15. The van der Waals surface area contributed by atoms with E-state index in [4.69, 9.17) is 8.92 Å². The number of hydrogen-bond acceptors (Lipinski definition) is 7. The van der Waals surface area contributed by atoms with Gasteiger partial charge in [-0.2, -0.15) is 8.42 Å². The molecule has 0 aliphatic carbocycles. The van der Waals surface area contributed by atoms with Gasteiger partial charge in [0.25, 0.3) is 5.69 Å². The van der Waals surface area contributed by atoms with Crippen LogP contribution in [0.1, 0.15) is 17.5 Å². The van der Waals surface area contributed by atoms with Crippen LogP contribution < -0.4 is 4.18 Å². The second-order valence-corrected chi connectivity index (χ2v) is 8.29. The van der Waals surface area contributed by atoms with Crippen LogP contribution in [0, 0.1) is 10.1 Å². The zero-order valence-electron chi connectivity index (χ0n) is 17.3. The second-order valence-electron chi connectivity index (χ2n) is 6.72. The average Bonchev–Trinajstić information content (AvgIpc) is 2.72. The quantitative estimate of drug-likeness (QED) is 0.171. The molecule has 2 rings (SSSR count). The number of hydrogen-bond donors (Lipinski definition) is 0. The van der Waals surface area contributed by atoms with E-state index >= 15 is 0 Å². The van der Waals surface area contributed by atoms with Crippen LogP contribution in [-0.2, 0) is 26.2 Å². The minimum absolute atomic E-state index is 0.0204. The van der Waals surface area contributed by atoms with Gasteiger partial charge in [-0.25, -0.2) is 0 Å². The third-order valence-electron chi connectivity index (χ3n) is 4.15. The van der Waals surface area contributed by atoms with Crippen molar-refractivity contribution in [3.63, 3.8) is 0 Å². The highest BCUT2D eigenvalue weighted by Crippen LogP contribution is 2.16. The van der Waals surface area contributed by atoms with Crippen molar-refractivity contribution in [3.8, 4) is 5.75 Å². The van der Waals surface area contributed by atoms with Gasteiger partial charge in [0.05, 0.1) is 11.2 Å². The fourth-order valence-electron chi connectivity index (χ4n) is 2.69. The lowest BCUT2D eigenvalue weighted by Gasteiger charge is -2.21. The number of nitro groups is 1. The molecule has 0 atom stereocenters. The normalized spacial score (nSPS) is 11.4. The highest BCUT2D eigenvalue weighted by molar-refractivity contribution is 7.86. The highest BCUT2D eigenvalue weighted by atomic mass is 32.2. The Labute approximate surface area is 181 Å². The summed E-state index contributed by atoms with van der Waals surface area (Å²) in [6.07, 6.45) is 4.62. The first-order chi connectivity index (χ1) is 14.7. The van der Waals surface area contributed by atoms with Crippen molar-refractivity contribution in [2.24, 2.45) is 0 Å². The van der Waals surface area contributed by atoms with Crippen LogP contribution >= 0.6 is 0 Å². The summed E-state index contributed by atoms with van der Waals surface area (Å²) < 4.78 is 32.3. The number of ether oxygens (including phenoxy) is 1. The summed E-state index contributed by atoms with van der Waals surface area (Å²) in [5.41, 5.74) is 1.45. The molecule has 0 radical (unpaired) electrons. The third kappa shape index (κ3) is 8.57. The lowest BCUT2D eigenvalue weighted by atomic mass is 10.1. The number of methoxy groups -OCH3 is 1. The Bertz CT molecular complexity index is 1020. The van der Waals surface area contributed by atoms with Gasteiger partial charge in [-0.3, -0.25) is 14.9 Å². The van der Waals surface area contributed by atoms with Crippen molar-refractivity contribution >= 4 is 27.8 Å².